The van der Waals surface area contributed by atoms with Gasteiger partial charge in [-0.25, -0.2) is 0 Å². The molecule has 0 fully saturated rings. The third kappa shape index (κ3) is 3.25. The van der Waals surface area contributed by atoms with Gasteiger partial charge in [-0.05, 0) is 31.4 Å². The van der Waals surface area contributed by atoms with E-state index >= 15 is 0 Å². The van der Waals surface area contributed by atoms with Crippen molar-refractivity contribution in [3.05, 3.63) is 42.1 Å². The minimum absolute atomic E-state index is 0.500. The van der Waals surface area contributed by atoms with Gasteiger partial charge in [0.25, 0.3) is 0 Å². The van der Waals surface area contributed by atoms with Crippen LogP contribution in [0.25, 0.3) is 5.57 Å². The van der Waals surface area contributed by atoms with E-state index in [2.05, 4.69) is 56.6 Å². The van der Waals surface area contributed by atoms with E-state index in [0.29, 0.717) is 6.04 Å². The Morgan fingerprint density at radius 2 is 1.93 bits per heavy atom. The first-order valence-corrected chi connectivity index (χ1v) is 5.24. The molecule has 0 bridgehead atoms. The van der Waals surface area contributed by atoms with E-state index in [-0.39, 0.29) is 0 Å². The van der Waals surface area contributed by atoms with Crippen LogP contribution >= 0.6 is 0 Å². The minimum Gasteiger partial charge on any atom is -0.388 e. The van der Waals surface area contributed by atoms with Crippen LogP contribution in [0.1, 0.15) is 32.8 Å². The summed E-state index contributed by atoms with van der Waals surface area (Å²) in [4.78, 5) is 0. The third-order valence-corrected chi connectivity index (χ3v) is 2.12. The molecule has 0 radical (unpaired) electrons. The lowest BCUT2D eigenvalue weighted by atomic mass is 10.1. The Kier molecular flexibility index (Phi) is 4.24. The SMILES string of the molecule is CC/C(=C\NC(C)C)c1ccccc1. The standard InChI is InChI=1S/C13H19N/c1-4-12(10-14-11(2)3)13-8-6-5-7-9-13/h5-11,14H,4H2,1-3H3/b12-10+. The maximum atomic E-state index is 3.33. The van der Waals surface area contributed by atoms with Crippen LogP contribution in [0, 0.1) is 0 Å². The van der Waals surface area contributed by atoms with Gasteiger partial charge in [-0.3, -0.25) is 0 Å². The summed E-state index contributed by atoms with van der Waals surface area (Å²) < 4.78 is 0. The number of allylic oxidation sites excluding steroid dienone is 1. The van der Waals surface area contributed by atoms with Crippen molar-refractivity contribution < 1.29 is 0 Å². The van der Waals surface area contributed by atoms with Gasteiger partial charge in [0, 0.05) is 12.2 Å². The van der Waals surface area contributed by atoms with Crippen LogP contribution in [0.15, 0.2) is 36.5 Å². The second-order valence-electron chi connectivity index (χ2n) is 3.71. The van der Waals surface area contributed by atoms with Crippen molar-refractivity contribution in [3.8, 4) is 0 Å². The average molecular weight is 189 g/mol. The molecule has 1 heteroatoms. The molecule has 0 aliphatic rings. The highest BCUT2D eigenvalue weighted by Crippen LogP contribution is 2.16. The maximum absolute atomic E-state index is 3.33. The summed E-state index contributed by atoms with van der Waals surface area (Å²) in [5, 5.41) is 3.33. The topological polar surface area (TPSA) is 12.0 Å². The van der Waals surface area contributed by atoms with Crippen molar-refractivity contribution in [2.24, 2.45) is 0 Å². The average Bonchev–Trinajstić information content (AvgIpc) is 2.20. The zero-order valence-electron chi connectivity index (χ0n) is 9.25. The maximum Gasteiger partial charge on any atom is 0.0199 e. The summed E-state index contributed by atoms with van der Waals surface area (Å²) >= 11 is 0. The molecule has 1 N–H and O–H groups in total. The molecule has 14 heavy (non-hydrogen) atoms. The van der Waals surface area contributed by atoms with E-state index in [1.54, 1.807) is 0 Å². The predicted octanol–water partition coefficient (Wildman–Crippen LogP) is 3.44. The molecule has 0 atom stereocenters. The highest BCUT2D eigenvalue weighted by molar-refractivity contribution is 5.64. The fourth-order valence-electron chi connectivity index (χ4n) is 1.31. The van der Waals surface area contributed by atoms with Crippen molar-refractivity contribution >= 4 is 5.57 Å². The molecule has 0 unspecified atom stereocenters. The first kappa shape index (κ1) is 10.8. The van der Waals surface area contributed by atoms with Crippen LogP contribution in [-0.2, 0) is 0 Å². The zero-order valence-corrected chi connectivity index (χ0v) is 9.25. The molecular weight excluding hydrogens is 170 g/mol. The molecule has 0 heterocycles. The third-order valence-electron chi connectivity index (χ3n) is 2.12. The Balaban J connectivity index is 2.77. The lowest BCUT2D eigenvalue weighted by Crippen LogP contribution is -2.16. The van der Waals surface area contributed by atoms with Gasteiger partial charge in [0.15, 0.2) is 0 Å². The normalized spacial score (nSPS) is 11.9. The molecule has 0 spiro atoms. The number of hydrogen-bond donors (Lipinski definition) is 1. The predicted molar refractivity (Wildman–Crippen MR) is 63.0 cm³/mol. The summed E-state index contributed by atoms with van der Waals surface area (Å²) in [7, 11) is 0. The van der Waals surface area contributed by atoms with Gasteiger partial charge >= 0.3 is 0 Å². The monoisotopic (exact) mass is 189 g/mol. The van der Waals surface area contributed by atoms with Gasteiger partial charge in [-0.15, -0.1) is 0 Å². The van der Waals surface area contributed by atoms with Crippen molar-refractivity contribution in [1.82, 2.24) is 5.32 Å². The summed E-state index contributed by atoms with van der Waals surface area (Å²) in [5.74, 6) is 0. The molecule has 0 aliphatic heterocycles. The number of rotatable bonds is 4. The lowest BCUT2D eigenvalue weighted by molar-refractivity contribution is 0.702. The molecule has 0 saturated carbocycles. The largest absolute Gasteiger partial charge is 0.388 e. The van der Waals surface area contributed by atoms with Gasteiger partial charge < -0.3 is 5.32 Å². The van der Waals surface area contributed by atoms with Crippen molar-refractivity contribution in [1.29, 1.82) is 0 Å². The van der Waals surface area contributed by atoms with Crippen LogP contribution in [-0.4, -0.2) is 6.04 Å². The quantitative estimate of drug-likeness (QED) is 0.765. The lowest BCUT2D eigenvalue weighted by Gasteiger charge is -2.08. The van der Waals surface area contributed by atoms with E-state index in [1.807, 2.05) is 6.07 Å². The molecule has 0 amide bonds. The van der Waals surface area contributed by atoms with Crippen molar-refractivity contribution in [3.63, 3.8) is 0 Å². The summed E-state index contributed by atoms with van der Waals surface area (Å²) in [6, 6.07) is 11.0. The fourth-order valence-corrected chi connectivity index (χ4v) is 1.31. The molecule has 0 saturated heterocycles. The number of nitrogens with one attached hydrogen (secondary N) is 1. The summed E-state index contributed by atoms with van der Waals surface area (Å²) in [5.41, 5.74) is 2.67. The van der Waals surface area contributed by atoms with Gasteiger partial charge in [-0.2, -0.15) is 0 Å². The highest BCUT2D eigenvalue weighted by Gasteiger charge is 1.97. The molecule has 1 rings (SSSR count). The van der Waals surface area contributed by atoms with Gasteiger partial charge in [-0.1, -0.05) is 37.3 Å². The number of hydrogen-bond acceptors (Lipinski definition) is 1. The molecule has 1 aromatic carbocycles. The fraction of sp³-hybridized carbons (Fsp3) is 0.385. The Morgan fingerprint density at radius 3 is 2.43 bits per heavy atom. The highest BCUT2D eigenvalue weighted by atomic mass is 14.9. The van der Waals surface area contributed by atoms with E-state index in [9.17, 15) is 0 Å². The van der Waals surface area contributed by atoms with Crippen LogP contribution in [0.5, 0.6) is 0 Å². The molecule has 0 aliphatic carbocycles. The van der Waals surface area contributed by atoms with Crippen molar-refractivity contribution in [2.45, 2.75) is 33.2 Å². The van der Waals surface area contributed by atoms with Gasteiger partial charge in [0.1, 0.15) is 0 Å². The zero-order chi connectivity index (χ0) is 10.4. The number of benzene rings is 1. The summed E-state index contributed by atoms with van der Waals surface area (Å²) in [6.07, 6.45) is 3.18. The van der Waals surface area contributed by atoms with Crippen LogP contribution in [0.3, 0.4) is 0 Å². The van der Waals surface area contributed by atoms with Gasteiger partial charge in [0.05, 0.1) is 0 Å². The molecular formula is C13H19N. The van der Waals surface area contributed by atoms with Crippen LogP contribution in [0.2, 0.25) is 0 Å². The van der Waals surface area contributed by atoms with Gasteiger partial charge in [0.2, 0.25) is 0 Å². The first-order chi connectivity index (χ1) is 6.74. The Bertz CT molecular complexity index is 285. The first-order valence-electron chi connectivity index (χ1n) is 5.24. The van der Waals surface area contributed by atoms with E-state index in [1.165, 1.54) is 11.1 Å². The van der Waals surface area contributed by atoms with E-state index < -0.39 is 0 Å². The Morgan fingerprint density at radius 1 is 1.29 bits per heavy atom. The smallest absolute Gasteiger partial charge is 0.0199 e. The second-order valence-corrected chi connectivity index (χ2v) is 3.71. The van der Waals surface area contributed by atoms with E-state index in [4.69, 9.17) is 0 Å². The Labute approximate surface area is 86.8 Å². The second kappa shape index (κ2) is 5.48. The summed E-state index contributed by atoms with van der Waals surface area (Å²) in [6.45, 7) is 6.48. The minimum atomic E-state index is 0.500. The Hall–Kier alpha value is -1.24. The van der Waals surface area contributed by atoms with Crippen molar-refractivity contribution in [2.75, 3.05) is 0 Å². The van der Waals surface area contributed by atoms with Crippen LogP contribution < -0.4 is 5.32 Å². The molecule has 0 aromatic heterocycles. The molecule has 76 valence electrons. The molecule has 1 aromatic rings. The van der Waals surface area contributed by atoms with E-state index in [0.717, 1.165) is 6.42 Å². The molecule has 1 nitrogen and oxygen atoms in total. The van der Waals surface area contributed by atoms with Crippen LogP contribution in [0.4, 0.5) is 0 Å².